The summed E-state index contributed by atoms with van der Waals surface area (Å²) >= 11 is 0. The minimum Gasteiger partial charge on any atom is -0.456 e. The number of anilines is 4. The maximum absolute atomic E-state index is 14.3. The van der Waals surface area contributed by atoms with E-state index in [2.05, 4.69) is 30.9 Å². The third kappa shape index (κ3) is 9.26. The Hall–Kier alpha value is -4.55. The highest BCUT2D eigenvalue weighted by Crippen LogP contribution is 2.44. The van der Waals surface area contributed by atoms with Gasteiger partial charge in [-0.05, 0) is 83.1 Å². The summed E-state index contributed by atoms with van der Waals surface area (Å²) in [5.74, 6) is -0.846. The molecule has 0 aliphatic rings. The molecule has 0 saturated heterocycles. The summed E-state index contributed by atoms with van der Waals surface area (Å²) in [4.78, 5) is 13.7. The molecule has 0 aliphatic carbocycles. The predicted octanol–water partition coefficient (Wildman–Crippen LogP) is 10.3. The van der Waals surface area contributed by atoms with Crippen LogP contribution in [0.1, 0.15) is 78.2 Å². The summed E-state index contributed by atoms with van der Waals surface area (Å²) in [5.41, 5.74) is -3.53. The van der Waals surface area contributed by atoms with Gasteiger partial charge in [0, 0.05) is 28.0 Å². The zero-order chi connectivity index (χ0) is 35.0. The molecule has 1 aromatic heterocycles. The third-order valence-corrected chi connectivity index (χ3v) is 6.66. The highest BCUT2D eigenvalue weighted by atomic mass is 19.4. The van der Waals surface area contributed by atoms with Crippen LogP contribution in [0.4, 0.5) is 49.4 Å². The Morgan fingerprint density at radius 2 is 1.06 bits per heavy atom. The monoisotopic (exact) mass is 660 g/mol. The van der Waals surface area contributed by atoms with Crippen molar-refractivity contribution in [1.29, 1.82) is 0 Å². The first-order valence-electron chi connectivity index (χ1n) is 14.8. The largest absolute Gasteiger partial charge is 0.456 e. The summed E-state index contributed by atoms with van der Waals surface area (Å²) in [5, 5.41) is 9.12. The standard InChI is InChI=1S/C34H38F6N6O/c1-30(2,3)27-42-28(32(7,8)46-20-12-10-9-11-13-20)44-29(43-27)41-21-14-16-25(23(18-21)33(35,36)37)47-26-17-15-22(45-31(4,5)6)19-24(26)34(38,39)40/h9-19,45-46H,1-8H3,(H,41,42,43,44). The molecule has 0 atom stereocenters. The van der Waals surface area contributed by atoms with Gasteiger partial charge in [-0.3, -0.25) is 0 Å². The quantitative estimate of drug-likeness (QED) is 0.162. The van der Waals surface area contributed by atoms with Crippen molar-refractivity contribution in [1.82, 2.24) is 15.0 Å². The first kappa shape index (κ1) is 35.3. The van der Waals surface area contributed by atoms with Crippen LogP contribution in [0, 0.1) is 0 Å². The van der Waals surface area contributed by atoms with E-state index in [4.69, 9.17) is 4.74 Å². The van der Waals surface area contributed by atoms with Gasteiger partial charge in [-0.1, -0.05) is 39.0 Å². The lowest BCUT2D eigenvalue weighted by Gasteiger charge is -2.28. The van der Waals surface area contributed by atoms with Gasteiger partial charge in [0.1, 0.15) is 28.5 Å². The Morgan fingerprint density at radius 3 is 1.57 bits per heavy atom. The maximum atomic E-state index is 14.3. The molecule has 0 aliphatic heterocycles. The van der Waals surface area contributed by atoms with E-state index in [0.29, 0.717) is 11.6 Å². The average molecular weight is 661 g/mol. The molecule has 0 saturated carbocycles. The van der Waals surface area contributed by atoms with Crippen molar-refractivity contribution in [2.45, 2.75) is 84.2 Å². The molecule has 7 nitrogen and oxygen atoms in total. The summed E-state index contributed by atoms with van der Waals surface area (Å²) in [6, 6.07) is 15.4. The molecule has 0 unspecified atom stereocenters. The minimum absolute atomic E-state index is 0.00838. The number of aromatic nitrogens is 3. The van der Waals surface area contributed by atoms with Crippen LogP contribution in [0.2, 0.25) is 0 Å². The van der Waals surface area contributed by atoms with Gasteiger partial charge in [0.05, 0.1) is 5.54 Å². The van der Waals surface area contributed by atoms with Crippen molar-refractivity contribution in [3.05, 3.63) is 89.5 Å². The zero-order valence-corrected chi connectivity index (χ0v) is 27.4. The summed E-state index contributed by atoms with van der Waals surface area (Å²) in [7, 11) is 0. The molecular weight excluding hydrogens is 622 g/mol. The van der Waals surface area contributed by atoms with E-state index in [-0.39, 0.29) is 17.3 Å². The van der Waals surface area contributed by atoms with E-state index in [1.807, 2.05) is 65.0 Å². The van der Waals surface area contributed by atoms with Crippen molar-refractivity contribution in [2.24, 2.45) is 0 Å². The van der Waals surface area contributed by atoms with Crippen molar-refractivity contribution < 1.29 is 31.1 Å². The van der Waals surface area contributed by atoms with Gasteiger partial charge in [-0.25, -0.2) is 4.98 Å². The summed E-state index contributed by atoms with van der Waals surface area (Å²) in [6.45, 7) is 14.7. The zero-order valence-electron chi connectivity index (χ0n) is 27.4. The fourth-order valence-corrected chi connectivity index (χ4v) is 4.50. The van der Waals surface area contributed by atoms with Crippen LogP contribution in [0.25, 0.3) is 0 Å². The molecule has 13 heteroatoms. The van der Waals surface area contributed by atoms with Gasteiger partial charge < -0.3 is 20.7 Å². The van der Waals surface area contributed by atoms with Crippen molar-refractivity contribution in [3.8, 4) is 11.5 Å². The molecule has 3 N–H and O–H groups in total. The number of para-hydroxylation sites is 1. The van der Waals surface area contributed by atoms with Gasteiger partial charge in [-0.2, -0.15) is 36.3 Å². The van der Waals surface area contributed by atoms with Gasteiger partial charge >= 0.3 is 12.4 Å². The number of hydrogen-bond acceptors (Lipinski definition) is 7. The van der Waals surface area contributed by atoms with Crippen LogP contribution in [-0.2, 0) is 23.3 Å². The van der Waals surface area contributed by atoms with Crippen molar-refractivity contribution >= 4 is 23.0 Å². The molecule has 4 rings (SSSR count). The molecule has 47 heavy (non-hydrogen) atoms. The Balaban J connectivity index is 1.72. The van der Waals surface area contributed by atoms with Crippen LogP contribution in [0.15, 0.2) is 66.7 Å². The van der Waals surface area contributed by atoms with Gasteiger partial charge in [0.2, 0.25) is 5.95 Å². The topological polar surface area (TPSA) is 84.0 Å². The number of ether oxygens (including phenoxy) is 1. The number of benzene rings is 3. The summed E-state index contributed by atoms with van der Waals surface area (Å²) < 4.78 is 90.2. The fraction of sp³-hybridized carbons (Fsp3) is 0.382. The molecule has 3 aromatic carbocycles. The van der Waals surface area contributed by atoms with E-state index < -0.39 is 51.5 Å². The molecule has 0 fully saturated rings. The SMILES string of the molecule is CC(C)(C)Nc1ccc(Oc2ccc(Nc3nc(C(C)(C)C)nc(C(C)(C)Nc4ccccc4)n3)cc2C(F)(F)F)c(C(F)(F)F)c1. The lowest BCUT2D eigenvalue weighted by Crippen LogP contribution is -2.32. The lowest BCUT2D eigenvalue weighted by atomic mass is 9.95. The lowest BCUT2D eigenvalue weighted by molar-refractivity contribution is -0.139. The second kappa shape index (κ2) is 12.6. The molecular formula is C34H38F6N6O. The van der Waals surface area contributed by atoms with E-state index in [1.165, 1.54) is 12.1 Å². The number of alkyl halides is 6. The molecule has 0 bridgehead atoms. The van der Waals surface area contributed by atoms with E-state index in [9.17, 15) is 26.3 Å². The van der Waals surface area contributed by atoms with Gasteiger partial charge in [0.25, 0.3) is 0 Å². The maximum Gasteiger partial charge on any atom is 0.420 e. The Kier molecular flexibility index (Phi) is 9.44. The van der Waals surface area contributed by atoms with Crippen LogP contribution in [-0.4, -0.2) is 20.5 Å². The van der Waals surface area contributed by atoms with Crippen LogP contribution in [0.3, 0.4) is 0 Å². The second-order valence-corrected chi connectivity index (χ2v) is 13.7. The highest BCUT2D eigenvalue weighted by molar-refractivity contribution is 5.60. The number of hydrogen-bond donors (Lipinski definition) is 3. The Morgan fingerprint density at radius 1 is 0.553 bits per heavy atom. The number of halogens is 6. The Labute approximate surface area is 270 Å². The average Bonchev–Trinajstić information content (AvgIpc) is 2.92. The van der Waals surface area contributed by atoms with Crippen LogP contribution < -0.4 is 20.7 Å². The minimum atomic E-state index is -4.97. The smallest absolute Gasteiger partial charge is 0.420 e. The predicted molar refractivity (Wildman–Crippen MR) is 171 cm³/mol. The van der Waals surface area contributed by atoms with Gasteiger partial charge in [-0.15, -0.1) is 0 Å². The fourth-order valence-electron chi connectivity index (χ4n) is 4.50. The summed E-state index contributed by atoms with van der Waals surface area (Å²) in [6.07, 6.45) is -9.86. The number of nitrogens with zero attached hydrogens (tertiary/aromatic N) is 3. The van der Waals surface area contributed by atoms with Crippen LogP contribution in [0.5, 0.6) is 11.5 Å². The molecule has 252 valence electrons. The number of nitrogens with one attached hydrogen (secondary N) is 3. The second-order valence-electron chi connectivity index (χ2n) is 13.7. The van der Waals surface area contributed by atoms with E-state index in [1.54, 1.807) is 20.8 Å². The van der Waals surface area contributed by atoms with Crippen molar-refractivity contribution in [2.75, 3.05) is 16.0 Å². The molecule has 1 heterocycles. The molecule has 0 spiro atoms. The van der Waals surface area contributed by atoms with E-state index >= 15 is 0 Å². The van der Waals surface area contributed by atoms with E-state index in [0.717, 1.165) is 30.0 Å². The molecule has 0 radical (unpaired) electrons. The highest BCUT2D eigenvalue weighted by Gasteiger charge is 2.38. The number of rotatable bonds is 8. The van der Waals surface area contributed by atoms with Crippen molar-refractivity contribution in [3.63, 3.8) is 0 Å². The molecule has 4 aromatic rings. The van der Waals surface area contributed by atoms with Crippen LogP contribution >= 0.6 is 0 Å². The Bertz CT molecular complexity index is 1710. The normalized spacial score (nSPS) is 12.9. The molecule has 0 amide bonds. The first-order chi connectivity index (χ1) is 21.5. The first-order valence-corrected chi connectivity index (χ1v) is 14.8. The van der Waals surface area contributed by atoms with Gasteiger partial charge in [0.15, 0.2) is 5.82 Å². The third-order valence-electron chi connectivity index (χ3n) is 6.66.